The van der Waals surface area contributed by atoms with Gasteiger partial charge in [-0.25, -0.2) is 0 Å². The molecule has 110 valence electrons. The maximum Gasteiger partial charge on any atom is 0.255 e. The molecule has 0 radical (unpaired) electrons. The van der Waals surface area contributed by atoms with Crippen LogP contribution in [0.3, 0.4) is 0 Å². The van der Waals surface area contributed by atoms with Gasteiger partial charge in [0, 0.05) is 26.6 Å². The summed E-state index contributed by atoms with van der Waals surface area (Å²) in [5.41, 5.74) is 6.86. The van der Waals surface area contributed by atoms with Crippen LogP contribution in [0.2, 0.25) is 5.02 Å². The Labute approximate surface area is 129 Å². The summed E-state index contributed by atoms with van der Waals surface area (Å²) < 4.78 is 5.03. The molecule has 2 N–H and O–H groups in total. The largest absolute Gasteiger partial charge is 0.393 e. The normalized spacial score (nSPS) is 10.3. The fourth-order valence-corrected chi connectivity index (χ4v) is 2.04. The van der Waals surface area contributed by atoms with Crippen molar-refractivity contribution in [3.63, 3.8) is 0 Å². The third-order valence-corrected chi connectivity index (χ3v) is 3.61. The summed E-state index contributed by atoms with van der Waals surface area (Å²) in [7, 11) is 1.59. The average molecular weight is 315 g/mol. The maximum absolute atomic E-state index is 12.5. The summed E-state index contributed by atoms with van der Waals surface area (Å²) in [6, 6.07) is 5.41. The van der Waals surface area contributed by atoms with Crippen LogP contribution >= 0.6 is 23.8 Å². The minimum atomic E-state index is -0.132. The molecule has 1 rings (SSSR count). The number of nitrogens with zero attached hydrogens (tertiary/aromatic N) is 1. The molecule has 4 nitrogen and oxygen atoms in total. The molecular formula is C14H19ClN2O2S. The smallest absolute Gasteiger partial charge is 0.255 e. The number of thiocarbonyl (C=S) groups is 1. The predicted octanol–water partition coefficient (Wildman–Crippen LogP) is 2.41. The third kappa shape index (κ3) is 4.74. The van der Waals surface area contributed by atoms with Gasteiger partial charge in [-0.05, 0) is 18.6 Å². The van der Waals surface area contributed by atoms with Crippen LogP contribution in [0, 0.1) is 6.92 Å². The van der Waals surface area contributed by atoms with Gasteiger partial charge in [-0.2, -0.15) is 0 Å². The highest BCUT2D eigenvalue weighted by molar-refractivity contribution is 7.80. The van der Waals surface area contributed by atoms with Crippen molar-refractivity contribution in [3.8, 4) is 0 Å². The molecule has 0 saturated heterocycles. The number of benzene rings is 1. The van der Waals surface area contributed by atoms with E-state index in [2.05, 4.69) is 0 Å². The Morgan fingerprint density at radius 3 is 2.75 bits per heavy atom. The van der Waals surface area contributed by atoms with E-state index in [0.29, 0.717) is 41.7 Å². The van der Waals surface area contributed by atoms with Gasteiger partial charge >= 0.3 is 0 Å². The number of nitrogens with two attached hydrogens (primary N) is 1. The van der Waals surface area contributed by atoms with Gasteiger partial charge in [0.25, 0.3) is 5.91 Å². The molecule has 0 heterocycles. The number of aryl methyl sites for hydroxylation is 1. The molecule has 0 spiro atoms. The number of amides is 1. The zero-order chi connectivity index (χ0) is 15.1. The van der Waals surface area contributed by atoms with Crippen LogP contribution in [0.25, 0.3) is 0 Å². The number of carbonyl (C=O) groups is 1. The van der Waals surface area contributed by atoms with Crippen molar-refractivity contribution >= 4 is 34.7 Å². The second-order valence-electron chi connectivity index (χ2n) is 4.44. The molecule has 1 aromatic rings. The summed E-state index contributed by atoms with van der Waals surface area (Å²) in [4.78, 5) is 14.6. The molecule has 0 bridgehead atoms. The number of hydrogen-bond donors (Lipinski definition) is 1. The van der Waals surface area contributed by atoms with Crippen molar-refractivity contribution in [2.45, 2.75) is 13.3 Å². The number of hydrogen-bond acceptors (Lipinski definition) is 3. The predicted molar refractivity (Wildman–Crippen MR) is 85.4 cm³/mol. The van der Waals surface area contributed by atoms with Gasteiger partial charge in [-0.3, -0.25) is 4.79 Å². The van der Waals surface area contributed by atoms with Crippen LogP contribution in [-0.4, -0.2) is 42.6 Å². The van der Waals surface area contributed by atoms with Crippen molar-refractivity contribution < 1.29 is 9.53 Å². The van der Waals surface area contributed by atoms with Crippen LogP contribution in [0.4, 0.5) is 0 Å². The molecule has 1 aromatic carbocycles. The average Bonchev–Trinajstić information content (AvgIpc) is 2.41. The summed E-state index contributed by atoms with van der Waals surface area (Å²) in [5.74, 6) is -0.132. The highest BCUT2D eigenvalue weighted by atomic mass is 35.5. The van der Waals surface area contributed by atoms with Gasteiger partial charge in [0.15, 0.2) is 0 Å². The van der Waals surface area contributed by atoms with E-state index in [0.717, 1.165) is 5.56 Å². The Hall–Kier alpha value is -1.17. The maximum atomic E-state index is 12.5. The topological polar surface area (TPSA) is 55.6 Å². The van der Waals surface area contributed by atoms with Gasteiger partial charge in [-0.15, -0.1) is 0 Å². The first-order valence-corrected chi connectivity index (χ1v) is 7.07. The van der Waals surface area contributed by atoms with Crippen molar-refractivity contribution in [3.05, 3.63) is 34.3 Å². The minimum Gasteiger partial charge on any atom is -0.393 e. The number of methoxy groups -OCH3 is 1. The Morgan fingerprint density at radius 1 is 1.45 bits per heavy atom. The van der Waals surface area contributed by atoms with Gasteiger partial charge < -0.3 is 15.4 Å². The summed E-state index contributed by atoms with van der Waals surface area (Å²) in [6.07, 6.45) is 0.480. The molecular weight excluding hydrogens is 296 g/mol. The standard InChI is InChI=1S/C14H19ClN2O2S/c1-10-4-3-5-11(13(10)15)14(18)17(8-9-19-2)7-6-12(16)20/h3-5H,6-9H2,1-2H3,(H2,16,20). The summed E-state index contributed by atoms with van der Waals surface area (Å²) in [6.45, 7) is 3.25. The van der Waals surface area contributed by atoms with Crippen molar-refractivity contribution in [2.75, 3.05) is 26.8 Å². The first kappa shape index (κ1) is 16.9. The second-order valence-corrected chi connectivity index (χ2v) is 5.34. The first-order valence-electron chi connectivity index (χ1n) is 6.29. The van der Waals surface area contributed by atoms with E-state index in [4.69, 9.17) is 34.3 Å². The number of ether oxygens (including phenoxy) is 1. The van der Waals surface area contributed by atoms with Crippen LogP contribution in [0.15, 0.2) is 18.2 Å². The molecule has 6 heteroatoms. The number of rotatable bonds is 7. The Bertz CT molecular complexity index is 494. The molecule has 20 heavy (non-hydrogen) atoms. The highest BCUT2D eigenvalue weighted by Gasteiger charge is 2.19. The van der Waals surface area contributed by atoms with Gasteiger partial charge in [0.2, 0.25) is 0 Å². The molecule has 1 amide bonds. The van der Waals surface area contributed by atoms with E-state index in [1.807, 2.05) is 19.1 Å². The van der Waals surface area contributed by atoms with E-state index in [-0.39, 0.29) is 5.91 Å². The van der Waals surface area contributed by atoms with E-state index in [1.54, 1.807) is 18.1 Å². The zero-order valence-electron chi connectivity index (χ0n) is 11.7. The number of carbonyl (C=O) groups excluding carboxylic acids is 1. The Morgan fingerprint density at radius 2 is 2.15 bits per heavy atom. The third-order valence-electron chi connectivity index (χ3n) is 2.90. The SMILES string of the molecule is COCCN(CCC(N)=S)C(=O)c1cccc(C)c1Cl. The quantitative estimate of drug-likeness (QED) is 0.785. The summed E-state index contributed by atoms with van der Waals surface area (Å²) in [5, 5.41) is 0.482. The Kier molecular flexibility index (Phi) is 6.91. The molecule has 0 saturated carbocycles. The second kappa shape index (κ2) is 8.19. The first-order chi connectivity index (χ1) is 9.47. The van der Waals surface area contributed by atoms with Crippen LogP contribution in [-0.2, 0) is 4.74 Å². The lowest BCUT2D eigenvalue weighted by atomic mass is 10.1. The fraction of sp³-hybridized carbons (Fsp3) is 0.429. The fourth-order valence-electron chi connectivity index (χ4n) is 1.74. The monoisotopic (exact) mass is 314 g/mol. The molecule has 0 aliphatic carbocycles. The Balaban J connectivity index is 2.90. The molecule has 0 fully saturated rings. The van der Waals surface area contributed by atoms with Gasteiger partial charge in [0.05, 0.1) is 22.2 Å². The van der Waals surface area contributed by atoms with Gasteiger partial charge in [0.1, 0.15) is 0 Å². The molecule has 0 aromatic heterocycles. The lowest BCUT2D eigenvalue weighted by molar-refractivity contribution is 0.0701. The molecule has 0 aliphatic rings. The highest BCUT2D eigenvalue weighted by Crippen LogP contribution is 2.21. The lowest BCUT2D eigenvalue weighted by Crippen LogP contribution is -2.36. The van der Waals surface area contributed by atoms with Crippen LogP contribution < -0.4 is 5.73 Å². The van der Waals surface area contributed by atoms with E-state index in [9.17, 15) is 4.79 Å². The van der Waals surface area contributed by atoms with Crippen molar-refractivity contribution in [1.29, 1.82) is 0 Å². The van der Waals surface area contributed by atoms with E-state index >= 15 is 0 Å². The van der Waals surface area contributed by atoms with E-state index in [1.165, 1.54) is 0 Å². The van der Waals surface area contributed by atoms with Crippen molar-refractivity contribution in [2.24, 2.45) is 5.73 Å². The van der Waals surface area contributed by atoms with Crippen LogP contribution in [0.5, 0.6) is 0 Å². The molecule has 0 unspecified atom stereocenters. The summed E-state index contributed by atoms with van der Waals surface area (Å²) >= 11 is 11.1. The van der Waals surface area contributed by atoms with Crippen LogP contribution in [0.1, 0.15) is 22.3 Å². The molecule has 0 atom stereocenters. The number of halogens is 1. The lowest BCUT2D eigenvalue weighted by Gasteiger charge is -2.23. The minimum absolute atomic E-state index is 0.132. The van der Waals surface area contributed by atoms with Gasteiger partial charge in [-0.1, -0.05) is 36.0 Å². The van der Waals surface area contributed by atoms with Crippen molar-refractivity contribution in [1.82, 2.24) is 4.90 Å². The molecule has 0 aliphatic heterocycles. The zero-order valence-corrected chi connectivity index (χ0v) is 13.3. The van der Waals surface area contributed by atoms with E-state index < -0.39 is 0 Å².